The van der Waals surface area contributed by atoms with Crippen molar-refractivity contribution in [3.63, 3.8) is 0 Å². The average molecular weight is 421 g/mol. The Hall–Kier alpha value is -2.15. The standard InChI is InChI=1S/C16H21F2N3O6S/c17-11-3-4-12(18)13(9-11)28(25,26)21-6-2-8-27-14(21)10-20-16(24)15(23)19-5-1-7-22/h3-4,9,14,22H,1-2,5-8,10H2,(H,19,23)(H,20,24). The molecule has 0 saturated carbocycles. The third kappa shape index (κ3) is 5.44. The first kappa shape index (κ1) is 22.1. The molecule has 1 aliphatic rings. The van der Waals surface area contributed by atoms with Crippen molar-refractivity contribution in [3.05, 3.63) is 29.8 Å². The summed E-state index contributed by atoms with van der Waals surface area (Å²) in [7, 11) is -4.44. The van der Waals surface area contributed by atoms with Crippen molar-refractivity contribution in [2.75, 3.05) is 32.8 Å². The third-order valence-electron chi connectivity index (χ3n) is 3.90. The van der Waals surface area contributed by atoms with Gasteiger partial charge in [-0.25, -0.2) is 17.2 Å². The molecule has 9 nitrogen and oxygen atoms in total. The number of aliphatic hydroxyl groups excluding tert-OH is 1. The fourth-order valence-electron chi connectivity index (χ4n) is 2.53. The molecule has 0 spiro atoms. The Morgan fingerprint density at radius 2 is 1.96 bits per heavy atom. The Morgan fingerprint density at radius 3 is 2.68 bits per heavy atom. The van der Waals surface area contributed by atoms with Gasteiger partial charge in [-0.1, -0.05) is 0 Å². The maximum Gasteiger partial charge on any atom is 0.309 e. The molecule has 28 heavy (non-hydrogen) atoms. The molecule has 1 fully saturated rings. The molecule has 3 N–H and O–H groups in total. The van der Waals surface area contributed by atoms with Gasteiger partial charge in [0.1, 0.15) is 22.8 Å². The smallest absolute Gasteiger partial charge is 0.309 e. The molecule has 1 heterocycles. The second-order valence-electron chi connectivity index (χ2n) is 5.91. The largest absolute Gasteiger partial charge is 0.396 e. The number of aliphatic hydroxyl groups is 1. The Balaban J connectivity index is 2.08. The minimum absolute atomic E-state index is 0.0263. The summed E-state index contributed by atoms with van der Waals surface area (Å²) in [5.41, 5.74) is 0. The zero-order chi connectivity index (χ0) is 20.7. The van der Waals surface area contributed by atoms with Crippen LogP contribution in [0.2, 0.25) is 0 Å². The van der Waals surface area contributed by atoms with Crippen LogP contribution in [0.1, 0.15) is 12.8 Å². The van der Waals surface area contributed by atoms with E-state index in [-0.39, 0.29) is 39.3 Å². The lowest BCUT2D eigenvalue weighted by Crippen LogP contribution is -2.53. The molecule has 156 valence electrons. The van der Waals surface area contributed by atoms with E-state index < -0.39 is 44.6 Å². The van der Waals surface area contributed by atoms with E-state index in [1.807, 2.05) is 0 Å². The Bertz CT molecular complexity index is 821. The second kappa shape index (κ2) is 9.87. The molecule has 2 rings (SSSR count). The normalized spacial score (nSPS) is 17.9. The zero-order valence-electron chi connectivity index (χ0n) is 14.9. The van der Waals surface area contributed by atoms with Crippen LogP contribution in [0.25, 0.3) is 0 Å². The summed E-state index contributed by atoms with van der Waals surface area (Å²) in [5, 5.41) is 13.2. The van der Waals surface area contributed by atoms with Crippen LogP contribution in [0, 0.1) is 11.6 Å². The van der Waals surface area contributed by atoms with Crippen molar-refractivity contribution in [3.8, 4) is 0 Å². The molecule has 0 radical (unpaired) electrons. The molecule has 2 amide bonds. The van der Waals surface area contributed by atoms with E-state index in [4.69, 9.17) is 9.84 Å². The van der Waals surface area contributed by atoms with Crippen molar-refractivity contribution in [1.82, 2.24) is 14.9 Å². The van der Waals surface area contributed by atoms with Gasteiger partial charge < -0.3 is 20.5 Å². The van der Waals surface area contributed by atoms with Gasteiger partial charge in [-0.15, -0.1) is 0 Å². The van der Waals surface area contributed by atoms with Crippen LogP contribution in [-0.4, -0.2) is 68.7 Å². The van der Waals surface area contributed by atoms with Crippen LogP contribution >= 0.6 is 0 Å². The SMILES string of the molecule is O=C(NCCCO)C(=O)NCC1OCCCN1S(=O)(=O)c1cc(F)ccc1F. The highest BCUT2D eigenvalue weighted by Gasteiger charge is 2.36. The van der Waals surface area contributed by atoms with E-state index in [0.29, 0.717) is 18.6 Å². The Kier molecular flexibility index (Phi) is 7.80. The molecule has 0 bridgehead atoms. The number of benzene rings is 1. The fraction of sp³-hybridized carbons (Fsp3) is 0.500. The first-order valence-electron chi connectivity index (χ1n) is 8.52. The van der Waals surface area contributed by atoms with Gasteiger partial charge in [0.2, 0.25) is 10.0 Å². The summed E-state index contributed by atoms with van der Waals surface area (Å²) in [6, 6.07) is 2.08. The number of hydrogen-bond donors (Lipinski definition) is 3. The summed E-state index contributed by atoms with van der Waals surface area (Å²) in [4.78, 5) is 22.6. The maximum atomic E-state index is 14.0. The molecule has 1 unspecified atom stereocenters. The van der Waals surface area contributed by atoms with E-state index in [1.54, 1.807) is 0 Å². The van der Waals surface area contributed by atoms with E-state index in [9.17, 15) is 26.8 Å². The lowest BCUT2D eigenvalue weighted by molar-refractivity contribution is -0.140. The van der Waals surface area contributed by atoms with Crippen LogP contribution in [-0.2, 0) is 24.3 Å². The highest BCUT2D eigenvalue weighted by molar-refractivity contribution is 7.89. The monoisotopic (exact) mass is 421 g/mol. The molecule has 1 aromatic carbocycles. The van der Waals surface area contributed by atoms with Gasteiger partial charge in [-0.3, -0.25) is 9.59 Å². The predicted molar refractivity (Wildman–Crippen MR) is 92.3 cm³/mol. The summed E-state index contributed by atoms with van der Waals surface area (Å²) < 4.78 is 59.0. The van der Waals surface area contributed by atoms with Crippen LogP contribution in [0.5, 0.6) is 0 Å². The summed E-state index contributed by atoms with van der Waals surface area (Å²) in [5.74, 6) is -3.99. The number of ether oxygens (including phenoxy) is 1. The van der Waals surface area contributed by atoms with E-state index in [0.717, 1.165) is 10.4 Å². The van der Waals surface area contributed by atoms with Gasteiger partial charge >= 0.3 is 11.8 Å². The molecule has 1 aromatic rings. The number of nitrogens with zero attached hydrogens (tertiary/aromatic N) is 1. The van der Waals surface area contributed by atoms with Gasteiger partial charge in [-0.05, 0) is 31.0 Å². The number of amides is 2. The number of sulfonamides is 1. The first-order valence-corrected chi connectivity index (χ1v) is 9.96. The Morgan fingerprint density at radius 1 is 1.25 bits per heavy atom. The summed E-state index contributed by atoms with van der Waals surface area (Å²) >= 11 is 0. The van der Waals surface area contributed by atoms with E-state index in [2.05, 4.69) is 10.6 Å². The molecular weight excluding hydrogens is 400 g/mol. The van der Waals surface area contributed by atoms with Gasteiger partial charge in [-0.2, -0.15) is 4.31 Å². The summed E-state index contributed by atoms with van der Waals surface area (Å²) in [6.45, 7) is -0.242. The Labute approximate surface area is 160 Å². The molecule has 1 atom stereocenters. The quantitative estimate of drug-likeness (QED) is 0.396. The van der Waals surface area contributed by atoms with E-state index in [1.165, 1.54) is 0 Å². The van der Waals surface area contributed by atoms with Crippen molar-refractivity contribution < 1.29 is 36.6 Å². The number of carbonyl (C=O) groups is 2. The van der Waals surface area contributed by atoms with Gasteiger partial charge in [0.05, 0.1) is 13.2 Å². The molecule has 1 aliphatic heterocycles. The highest BCUT2D eigenvalue weighted by Crippen LogP contribution is 2.24. The minimum atomic E-state index is -4.44. The van der Waals surface area contributed by atoms with Crippen LogP contribution in [0.15, 0.2) is 23.1 Å². The topological polar surface area (TPSA) is 125 Å². The second-order valence-corrected chi connectivity index (χ2v) is 7.77. The van der Waals surface area contributed by atoms with Crippen molar-refractivity contribution >= 4 is 21.8 Å². The van der Waals surface area contributed by atoms with Crippen molar-refractivity contribution in [2.45, 2.75) is 24.0 Å². The number of rotatable bonds is 7. The van der Waals surface area contributed by atoms with Gasteiger partial charge in [0, 0.05) is 19.7 Å². The number of halogens is 2. The van der Waals surface area contributed by atoms with Crippen molar-refractivity contribution in [2.24, 2.45) is 0 Å². The van der Waals surface area contributed by atoms with Gasteiger partial charge in [0.15, 0.2) is 0 Å². The van der Waals surface area contributed by atoms with Crippen LogP contribution in [0.3, 0.4) is 0 Å². The highest BCUT2D eigenvalue weighted by atomic mass is 32.2. The summed E-state index contributed by atoms with van der Waals surface area (Å²) in [6.07, 6.45) is -0.589. The third-order valence-corrected chi connectivity index (χ3v) is 5.80. The number of nitrogens with one attached hydrogen (secondary N) is 2. The zero-order valence-corrected chi connectivity index (χ0v) is 15.7. The fourth-order valence-corrected chi connectivity index (χ4v) is 4.17. The number of hydrogen-bond acceptors (Lipinski definition) is 6. The lowest BCUT2D eigenvalue weighted by Gasteiger charge is -2.34. The van der Waals surface area contributed by atoms with E-state index >= 15 is 0 Å². The van der Waals surface area contributed by atoms with Gasteiger partial charge in [0.25, 0.3) is 0 Å². The van der Waals surface area contributed by atoms with Crippen LogP contribution < -0.4 is 10.6 Å². The number of carbonyl (C=O) groups excluding carboxylic acids is 2. The van der Waals surface area contributed by atoms with Crippen molar-refractivity contribution in [1.29, 1.82) is 0 Å². The molecule has 0 aromatic heterocycles. The average Bonchev–Trinajstić information content (AvgIpc) is 2.68. The molecule has 1 saturated heterocycles. The molecular formula is C16H21F2N3O6S. The predicted octanol–water partition coefficient (Wildman–Crippen LogP) is -0.683. The molecule has 0 aliphatic carbocycles. The molecule has 12 heteroatoms. The minimum Gasteiger partial charge on any atom is -0.396 e. The lowest BCUT2D eigenvalue weighted by atomic mass is 10.3. The first-order chi connectivity index (χ1) is 13.3. The maximum absolute atomic E-state index is 14.0. The van der Waals surface area contributed by atoms with Crippen LogP contribution in [0.4, 0.5) is 8.78 Å².